The first kappa shape index (κ1) is 22.5. The molecule has 2 amide bonds. The Bertz CT molecular complexity index is 1240. The lowest BCUT2D eigenvalue weighted by atomic mass is 10.1. The van der Waals surface area contributed by atoms with Crippen LogP contribution in [0.3, 0.4) is 0 Å². The van der Waals surface area contributed by atoms with Crippen molar-refractivity contribution in [2.24, 2.45) is 0 Å². The van der Waals surface area contributed by atoms with Crippen molar-refractivity contribution < 1.29 is 18.0 Å². The van der Waals surface area contributed by atoms with E-state index in [1.807, 2.05) is 18.2 Å². The van der Waals surface area contributed by atoms with Gasteiger partial charge in [-0.15, -0.1) is 0 Å². The summed E-state index contributed by atoms with van der Waals surface area (Å²) in [4.78, 5) is 26.3. The monoisotopic (exact) mass is 463 g/mol. The normalized spacial score (nSPS) is 13.7. The van der Waals surface area contributed by atoms with Crippen molar-refractivity contribution in [1.29, 1.82) is 0 Å². The first-order valence-electron chi connectivity index (χ1n) is 10.6. The summed E-state index contributed by atoms with van der Waals surface area (Å²) in [6, 6.07) is 22.9. The molecule has 8 heteroatoms. The molecule has 0 bridgehead atoms. The molecule has 1 aliphatic heterocycles. The van der Waals surface area contributed by atoms with Crippen LogP contribution in [0, 0.1) is 0 Å². The Morgan fingerprint density at radius 2 is 1.64 bits per heavy atom. The molecule has 7 nitrogen and oxygen atoms in total. The second-order valence-corrected chi connectivity index (χ2v) is 9.86. The van der Waals surface area contributed by atoms with Crippen molar-refractivity contribution in [1.82, 2.24) is 0 Å². The zero-order valence-electron chi connectivity index (χ0n) is 18.3. The highest BCUT2D eigenvalue weighted by Gasteiger charge is 2.21. The lowest BCUT2D eigenvalue weighted by Crippen LogP contribution is -2.29. The number of para-hydroxylation sites is 1. The average Bonchev–Trinajstić information content (AvgIpc) is 3.24. The first-order chi connectivity index (χ1) is 15.8. The van der Waals surface area contributed by atoms with E-state index in [1.165, 1.54) is 10.6 Å². The summed E-state index contributed by atoms with van der Waals surface area (Å²) in [5.41, 5.74) is 3.27. The van der Waals surface area contributed by atoms with E-state index in [-0.39, 0.29) is 18.4 Å². The second kappa shape index (κ2) is 9.46. The number of anilines is 3. The van der Waals surface area contributed by atoms with Gasteiger partial charge < -0.3 is 10.2 Å². The maximum atomic E-state index is 12.6. The number of amides is 2. The van der Waals surface area contributed by atoms with E-state index in [9.17, 15) is 18.0 Å². The molecular weight excluding hydrogens is 438 g/mol. The molecule has 3 aromatic rings. The zero-order chi connectivity index (χ0) is 23.4. The molecule has 0 saturated carbocycles. The molecule has 0 aliphatic carbocycles. The van der Waals surface area contributed by atoms with Crippen LogP contribution in [-0.2, 0) is 21.4 Å². The maximum absolute atomic E-state index is 12.6. The lowest BCUT2D eigenvalue weighted by Gasteiger charge is -2.22. The van der Waals surface area contributed by atoms with Crippen molar-refractivity contribution in [3.8, 4) is 0 Å². The number of carbonyl (C=O) groups is 2. The summed E-state index contributed by atoms with van der Waals surface area (Å²) in [7, 11) is -3.47. The average molecular weight is 464 g/mol. The van der Waals surface area contributed by atoms with Crippen LogP contribution in [0.15, 0.2) is 78.9 Å². The number of sulfonamides is 1. The number of carbonyl (C=O) groups excluding carboxylic acids is 2. The minimum Gasteiger partial charge on any atom is -0.322 e. The van der Waals surface area contributed by atoms with E-state index < -0.39 is 10.0 Å². The Labute approximate surface area is 193 Å². The van der Waals surface area contributed by atoms with Gasteiger partial charge in [-0.1, -0.05) is 30.3 Å². The van der Waals surface area contributed by atoms with Crippen LogP contribution in [0.2, 0.25) is 0 Å². The van der Waals surface area contributed by atoms with E-state index in [1.54, 1.807) is 65.6 Å². The number of nitrogens with one attached hydrogen (secondary N) is 1. The molecular formula is C25H25N3O4S. The zero-order valence-corrected chi connectivity index (χ0v) is 19.1. The molecule has 3 aromatic carbocycles. The topological polar surface area (TPSA) is 86.8 Å². The molecule has 1 heterocycles. The Kier molecular flexibility index (Phi) is 6.46. The van der Waals surface area contributed by atoms with Gasteiger partial charge >= 0.3 is 0 Å². The molecule has 4 rings (SSSR count). The van der Waals surface area contributed by atoms with Crippen LogP contribution in [0.5, 0.6) is 0 Å². The molecule has 0 atom stereocenters. The third-order valence-corrected chi connectivity index (χ3v) is 6.64. The predicted octanol–water partition coefficient (Wildman–Crippen LogP) is 4.03. The fourth-order valence-electron chi connectivity index (χ4n) is 3.77. The van der Waals surface area contributed by atoms with E-state index in [0.717, 1.165) is 24.2 Å². The van der Waals surface area contributed by atoms with E-state index in [0.29, 0.717) is 23.4 Å². The Balaban J connectivity index is 1.42. The molecule has 33 heavy (non-hydrogen) atoms. The Hall–Kier alpha value is -3.65. The van der Waals surface area contributed by atoms with Crippen molar-refractivity contribution in [2.75, 3.05) is 27.3 Å². The number of nitrogens with zero attached hydrogens (tertiary/aromatic N) is 2. The highest BCUT2D eigenvalue weighted by molar-refractivity contribution is 7.92. The van der Waals surface area contributed by atoms with Crippen LogP contribution in [-0.4, -0.2) is 33.0 Å². The molecule has 170 valence electrons. The minimum atomic E-state index is -3.47. The van der Waals surface area contributed by atoms with E-state index >= 15 is 0 Å². The summed E-state index contributed by atoms with van der Waals surface area (Å²) in [6.45, 7) is 0.888. The number of hydrogen-bond donors (Lipinski definition) is 1. The summed E-state index contributed by atoms with van der Waals surface area (Å²) in [6.07, 6.45) is 2.61. The van der Waals surface area contributed by atoms with Gasteiger partial charge in [0.25, 0.3) is 5.91 Å². The Morgan fingerprint density at radius 3 is 2.21 bits per heavy atom. The first-order valence-corrected chi connectivity index (χ1v) is 12.5. The maximum Gasteiger partial charge on any atom is 0.255 e. The molecule has 0 radical (unpaired) electrons. The van der Waals surface area contributed by atoms with Gasteiger partial charge in [0, 0.05) is 29.9 Å². The van der Waals surface area contributed by atoms with Crippen molar-refractivity contribution in [3.05, 3.63) is 90.0 Å². The van der Waals surface area contributed by atoms with Crippen LogP contribution in [0.25, 0.3) is 0 Å². The van der Waals surface area contributed by atoms with Crippen LogP contribution in [0.1, 0.15) is 28.8 Å². The number of rotatable bonds is 7. The van der Waals surface area contributed by atoms with Gasteiger partial charge in [0.05, 0.1) is 18.5 Å². The van der Waals surface area contributed by atoms with Crippen molar-refractivity contribution in [3.63, 3.8) is 0 Å². The largest absolute Gasteiger partial charge is 0.322 e. The van der Waals surface area contributed by atoms with Crippen LogP contribution < -0.4 is 14.5 Å². The fraction of sp³-hybridized carbons (Fsp3) is 0.200. The van der Waals surface area contributed by atoms with Gasteiger partial charge in [-0.3, -0.25) is 13.9 Å². The van der Waals surface area contributed by atoms with Gasteiger partial charge in [-0.2, -0.15) is 0 Å². The summed E-state index contributed by atoms with van der Waals surface area (Å²) < 4.78 is 25.9. The van der Waals surface area contributed by atoms with Gasteiger partial charge in [0.2, 0.25) is 15.9 Å². The number of benzene rings is 3. The van der Waals surface area contributed by atoms with Crippen molar-refractivity contribution in [2.45, 2.75) is 19.4 Å². The lowest BCUT2D eigenvalue weighted by molar-refractivity contribution is -0.117. The van der Waals surface area contributed by atoms with E-state index in [2.05, 4.69) is 5.32 Å². The third kappa shape index (κ3) is 5.40. The molecule has 1 N–H and O–H groups in total. The van der Waals surface area contributed by atoms with Crippen LogP contribution in [0.4, 0.5) is 17.1 Å². The van der Waals surface area contributed by atoms with E-state index in [4.69, 9.17) is 0 Å². The SMILES string of the molecule is CS(=O)(=O)N(Cc1ccc(C(=O)Nc2ccc(N3CCCC3=O)cc2)cc1)c1ccccc1. The van der Waals surface area contributed by atoms with Gasteiger partial charge in [0.15, 0.2) is 0 Å². The summed E-state index contributed by atoms with van der Waals surface area (Å²) in [5.74, 6) is -0.150. The highest BCUT2D eigenvalue weighted by Crippen LogP contribution is 2.24. The minimum absolute atomic E-state index is 0.119. The molecule has 1 saturated heterocycles. The third-order valence-electron chi connectivity index (χ3n) is 5.50. The molecule has 1 fully saturated rings. The van der Waals surface area contributed by atoms with Gasteiger partial charge in [-0.05, 0) is 60.5 Å². The van der Waals surface area contributed by atoms with Crippen LogP contribution >= 0.6 is 0 Å². The Morgan fingerprint density at radius 1 is 0.970 bits per heavy atom. The molecule has 0 aromatic heterocycles. The smallest absolute Gasteiger partial charge is 0.255 e. The predicted molar refractivity (Wildman–Crippen MR) is 130 cm³/mol. The molecule has 1 aliphatic rings. The standard InChI is InChI=1S/C25H25N3O4S/c1-33(31,32)28(23-6-3-2-4-7-23)18-19-9-11-20(12-10-19)25(30)26-21-13-15-22(16-14-21)27-17-5-8-24(27)29/h2-4,6-7,9-16H,5,8,17-18H2,1H3,(H,26,30). The number of hydrogen-bond acceptors (Lipinski definition) is 4. The van der Waals surface area contributed by atoms with Gasteiger partial charge in [-0.25, -0.2) is 8.42 Å². The summed E-state index contributed by atoms with van der Waals surface area (Å²) >= 11 is 0. The van der Waals surface area contributed by atoms with Crippen molar-refractivity contribution >= 4 is 38.9 Å². The second-order valence-electron chi connectivity index (χ2n) is 7.95. The summed E-state index contributed by atoms with van der Waals surface area (Å²) in [5, 5.41) is 2.85. The molecule has 0 spiro atoms. The molecule has 0 unspecified atom stereocenters. The highest BCUT2D eigenvalue weighted by atomic mass is 32.2. The van der Waals surface area contributed by atoms with Gasteiger partial charge in [0.1, 0.15) is 0 Å². The fourth-order valence-corrected chi connectivity index (χ4v) is 4.66. The quantitative estimate of drug-likeness (QED) is 0.573.